The van der Waals surface area contributed by atoms with Crippen LogP contribution in [0.4, 0.5) is 5.95 Å². The number of aromatic nitrogens is 4. The molecule has 0 radical (unpaired) electrons. The second kappa shape index (κ2) is 5.71. The standard InChI is InChI=1S/C13H21N5/c1-4-17-9-7-15-13(17)14-6-5-8-18-12(3)10-11(2)16-18/h7,9-10H,4-6,8H2,1-3H3,(H,14,15). The molecule has 18 heavy (non-hydrogen) atoms. The van der Waals surface area contributed by atoms with Crippen LogP contribution in [-0.4, -0.2) is 25.9 Å². The minimum atomic E-state index is 0.912. The zero-order valence-electron chi connectivity index (χ0n) is 11.3. The van der Waals surface area contributed by atoms with Gasteiger partial charge in [-0.15, -0.1) is 0 Å². The van der Waals surface area contributed by atoms with Crippen molar-refractivity contribution in [1.29, 1.82) is 0 Å². The molecule has 2 heterocycles. The monoisotopic (exact) mass is 247 g/mol. The Balaban J connectivity index is 1.78. The molecule has 0 spiro atoms. The molecule has 2 aromatic heterocycles. The highest BCUT2D eigenvalue weighted by Crippen LogP contribution is 2.05. The van der Waals surface area contributed by atoms with Gasteiger partial charge in [0.25, 0.3) is 0 Å². The quantitative estimate of drug-likeness (QED) is 0.796. The summed E-state index contributed by atoms with van der Waals surface area (Å²) in [6, 6.07) is 2.11. The maximum atomic E-state index is 4.45. The summed E-state index contributed by atoms with van der Waals surface area (Å²) in [5.41, 5.74) is 2.31. The van der Waals surface area contributed by atoms with Gasteiger partial charge in [-0.2, -0.15) is 5.10 Å². The van der Waals surface area contributed by atoms with Crippen LogP contribution in [0.15, 0.2) is 18.5 Å². The van der Waals surface area contributed by atoms with Crippen LogP contribution in [0, 0.1) is 13.8 Å². The van der Waals surface area contributed by atoms with Crippen LogP contribution >= 0.6 is 0 Å². The molecule has 2 rings (SSSR count). The van der Waals surface area contributed by atoms with Crippen LogP contribution in [0.25, 0.3) is 0 Å². The van der Waals surface area contributed by atoms with E-state index in [0.29, 0.717) is 0 Å². The van der Waals surface area contributed by atoms with Crippen LogP contribution in [0.1, 0.15) is 24.7 Å². The van der Waals surface area contributed by atoms with E-state index in [1.807, 2.05) is 19.3 Å². The van der Waals surface area contributed by atoms with Crippen molar-refractivity contribution in [2.75, 3.05) is 11.9 Å². The van der Waals surface area contributed by atoms with Crippen molar-refractivity contribution >= 4 is 5.95 Å². The summed E-state index contributed by atoms with van der Waals surface area (Å²) in [7, 11) is 0. The fourth-order valence-electron chi connectivity index (χ4n) is 2.06. The molecule has 98 valence electrons. The lowest BCUT2D eigenvalue weighted by Crippen LogP contribution is -2.11. The highest BCUT2D eigenvalue weighted by atomic mass is 15.3. The summed E-state index contributed by atoms with van der Waals surface area (Å²) in [6.45, 7) is 9.04. The highest BCUT2D eigenvalue weighted by Gasteiger charge is 2.02. The van der Waals surface area contributed by atoms with E-state index in [0.717, 1.165) is 37.7 Å². The predicted octanol–water partition coefficient (Wildman–Crippen LogP) is 2.22. The number of hydrogen-bond acceptors (Lipinski definition) is 3. The van der Waals surface area contributed by atoms with Crippen LogP contribution < -0.4 is 5.32 Å². The minimum absolute atomic E-state index is 0.912. The van der Waals surface area contributed by atoms with Gasteiger partial charge in [-0.1, -0.05) is 0 Å². The zero-order valence-corrected chi connectivity index (χ0v) is 11.3. The number of aryl methyl sites for hydroxylation is 4. The molecule has 2 aromatic rings. The van der Waals surface area contributed by atoms with Gasteiger partial charge < -0.3 is 9.88 Å². The Morgan fingerprint density at radius 3 is 2.83 bits per heavy atom. The van der Waals surface area contributed by atoms with Crippen molar-refractivity contribution in [2.24, 2.45) is 0 Å². The highest BCUT2D eigenvalue weighted by molar-refractivity contribution is 5.25. The van der Waals surface area contributed by atoms with E-state index in [1.54, 1.807) is 0 Å². The largest absolute Gasteiger partial charge is 0.356 e. The van der Waals surface area contributed by atoms with Gasteiger partial charge in [-0.05, 0) is 33.3 Å². The van der Waals surface area contributed by atoms with Crippen LogP contribution in [0.2, 0.25) is 0 Å². The van der Waals surface area contributed by atoms with Crippen molar-refractivity contribution in [3.63, 3.8) is 0 Å². The normalized spacial score (nSPS) is 10.8. The van der Waals surface area contributed by atoms with E-state index in [9.17, 15) is 0 Å². The van der Waals surface area contributed by atoms with Crippen LogP contribution in [-0.2, 0) is 13.1 Å². The Morgan fingerprint density at radius 2 is 2.17 bits per heavy atom. The molecule has 0 atom stereocenters. The lowest BCUT2D eigenvalue weighted by molar-refractivity contribution is 0.572. The second-order valence-electron chi connectivity index (χ2n) is 4.47. The van der Waals surface area contributed by atoms with Crippen molar-refractivity contribution in [3.05, 3.63) is 29.8 Å². The van der Waals surface area contributed by atoms with E-state index < -0.39 is 0 Å². The molecule has 0 aliphatic rings. The third-order valence-corrected chi connectivity index (χ3v) is 2.99. The predicted molar refractivity (Wildman–Crippen MR) is 72.7 cm³/mol. The summed E-state index contributed by atoms with van der Waals surface area (Å²) in [5.74, 6) is 0.950. The summed E-state index contributed by atoms with van der Waals surface area (Å²) in [4.78, 5) is 4.28. The van der Waals surface area contributed by atoms with Crippen LogP contribution in [0.3, 0.4) is 0 Å². The van der Waals surface area contributed by atoms with Crippen molar-refractivity contribution in [2.45, 2.75) is 40.3 Å². The molecule has 5 heteroatoms. The van der Waals surface area contributed by atoms with Gasteiger partial charge in [0, 0.05) is 37.7 Å². The number of nitrogens with one attached hydrogen (secondary N) is 1. The van der Waals surface area contributed by atoms with Gasteiger partial charge in [0.05, 0.1) is 5.69 Å². The molecule has 0 saturated heterocycles. The summed E-state index contributed by atoms with van der Waals surface area (Å²) >= 11 is 0. The number of imidazole rings is 1. The molecule has 0 bridgehead atoms. The first-order valence-electron chi connectivity index (χ1n) is 6.46. The molecule has 0 aliphatic carbocycles. The van der Waals surface area contributed by atoms with Gasteiger partial charge in [0.1, 0.15) is 0 Å². The Kier molecular flexibility index (Phi) is 4.02. The second-order valence-corrected chi connectivity index (χ2v) is 4.47. The summed E-state index contributed by atoms with van der Waals surface area (Å²) < 4.78 is 4.16. The molecule has 0 unspecified atom stereocenters. The van der Waals surface area contributed by atoms with Crippen molar-refractivity contribution < 1.29 is 0 Å². The maximum absolute atomic E-state index is 4.45. The third kappa shape index (κ3) is 2.91. The zero-order chi connectivity index (χ0) is 13.0. The Labute approximate surface area is 108 Å². The maximum Gasteiger partial charge on any atom is 0.202 e. The van der Waals surface area contributed by atoms with E-state index in [1.165, 1.54) is 5.69 Å². The van der Waals surface area contributed by atoms with Gasteiger partial charge in [-0.25, -0.2) is 4.98 Å². The van der Waals surface area contributed by atoms with Crippen molar-refractivity contribution in [1.82, 2.24) is 19.3 Å². The minimum Gasteiger partial charge on any atom is -0.356 e. The molecule has 0 amide bonds. The molecule has 0 saturated carbocycles. The smallest absolute Gasteiger partial charge is 0.202 e. The summed E-state index contributed by atoms with van der Waals surface area (Å²) in [5, 5.41) is 7.80. The average Bonchev–Trinajstić information content (AvgIpc) is 2.91. The molecule has 5 nitrogen and oxygen atoms in total. The van der Waals surface area contributed by atoms with E-state index in [-0.39, 0.29) is 0 Å². The number of anilines is 1. The number of hydrogen-bond donors (Lipinski definition) is 1. The Morgan fingerprint density at radius 1 is 1.33 bits per heavy atom. The lowest BCUT2D eigenvalue weighted by Gasteiger charge is -2.08. The summed E-state index contributed by atoms with van der Waals surface area (Å²) in [6.07, 6.45) is 4.86. The van der Waals surface area contributed by atoms with Crippen LogP contribution in [0.5, 0.6) is 0 Å². The first-order valence-corrected chi connectivity index (χ1v) is 6.46. The molecular weight excluding hydrogens is 226 g/mol. The average molecular weight is 247 g/mol. The fourth-order valence-corrected chi connectivity index (χ4v) is 2.06. The first kappa shape index (κ1) is 12.7. The Hall–Kier alpha value is -1.78. The molecule has 0 aliphatic heterocycles. The van der Waals surface area contributed by atoms with E-state index in [2.05, 4.69) is 44.6 Å². The SMILES string of the molecule is CCn1ccnc1NCCCn1nc(C)cc1C. The molecule has 0 fully saturated rings. The number of rotatable bonds is 6. The molecular formula is C13H21N5. The first-order chi connectivity index (χ1) is 8.70. The molecule has 0 aromatic carbocycles. The Bertz CT molecular complexity index is 497. The van der Waals surface area contributed by atoms with Gasteiger partial charge in [0.2, 0.25) is 5.95 Å². The van der Waals surface area contributed by atoms with Gasteiger partial charge >= 0.3 is 0 Å². The van der Waals surface area contributed by atoms with Gasteiger partial charge in [0.15, 0.2) is 0 Å². The lowest BCUT2D eigenvalue weighted by atomic mass is 10.4. The van der Waals surface area contributed by atoms with E-state index in [4.69, 9.17) is 0 Å². The molecule has 1 N–H and O–H groups in total. The van der Waals surface area contributed by atoms with Crippen molar-refractivity contribution in [3.8, 4) is 0 Å². The van der Waals surface area contributed by atoms with Gasteiger partial charge in [-0.3, -0.25) is 4.68 Å². The number of nitrogens with zero attached hydrogens (tertiary/aromatic N) is 4. The fraction of sp³-hybridized carbons (Fsp3) is 0.538. The van der Waals surface area contributed by atoms with E-state index >= 15 is 0 Å². The topological polar surface area (TPSA) is 47.7 Å². The third-order valence-electron chi connectivity index (χ3n) is 2.99.